The standard InChI is InChI=1S/C58H47BN2OSi/c1-34-30-41-39-19-15-25-52-54(39)61(45-20-10-14-24-51(45)63(52)49-22-12-8-17-37(49)38-18-9-13-23-50(38)63)59-44-27-26-40-36-16-7-11-21-48(36)62-56(40)55(44)60(47(31-34)53(41)59)46-33-43-42(32-35(46)2)57(3,4)28-29-58(43,5)6/h7-27,30-33H,28-29H2,1-6H3. The Balaban J connectivity index is 1.14. The number of hydrogen-bond donors (Lipinski definition) is 0. The molecule has 9 aromatic rings. The van der Waals surface area contributed by atoms with Crippen molar-refractivity contribution in [1.29, 1.82) is 0 Å². The molecule has 0 unspecified atom stereocenters. The number of nitrogens with zero attached hydrogens (tertiary/aromatic N) is 2. The lowest BCUT2D eigenvalue weighted by Crippen LogP contribution is -2.78. The van der Waals surface area contributed by atoms with Crippen molar-refractivity contribution >= 4 is 97.0 Å². The van der Waals surface area contributed by atoms with E-state index in [9.17, 15) is 0 Å². The van der Waals surface area contributed by atoms with Gasteiger partial charge >= 0.3 is 6.85 Å². The molecule has 1 aliphatic carbocycles. The molecule has 0 amide bonds. The zero-order valence-corrected chi connectivity index (χ0v) is 37.7. The van der Waals surface area contributed by atoms with Gasteiger partial charge in [0.2, 0.25) is 0 Å². The molecule has 0 N–H and O–H groups in total. The molecule has 1 spiro atoms. The van der Waals surface area contributed by atoms with E-state index >= 15 is 0 Å². The van der Waals surface area contributed by atoms with Crippen LogP contribution in [0, 0.1) is 13.8 Å². The molecule has 302 valence electrons. The predicted molar refractivity (Wildman–Crippen MR) is 268 cm³/mol. The Labute approximate surface area is 370 Å². The van der Waals surface area contributed by atoms with Crippen LogP contribution in [0.3, 0.4) is 0 Å². The molecule has 0 fully saturated rings. The average Bonchev–Trinajstić information content (AvgIpc) is 3.82. The molecule has 5 aliphatic rings. The van der Waals surface area contributed by atoms with Crippen molar-refractivity contribution < 1.29 is 4.42 Å². The lowest BCUT2D eigenvalue weighted by molar-refractivity contribution is 0.332. The number of para-hydroxylation sites is 3. The smallest absolute Gasteiger partial charge is 0.333 e. The first-order valence-corrected chi connectivity index (χ1v) is 24.8. The van der Waals surface area contributed by atoms with Gasteiger partial charge < -0.3 is 14.1 Å². The van der Waals surface area contributed by atoms with Gasteiger partial charge in [0.05, 0.1) is 5.69 Å². The minimum Gasteiger partial charge on any atom is -0.454 e. The maximum Gasteiger partial charge on any atom is 0.333 e. The number of aryl methyl sites for hydroxylation is 2. The van der Waals surface area contributed by atoms with Crippen LogP contribution < -0.4 is 41.4 Å². The van der Waals surface area contributed by atoms with E-state index in [1.807, 2.05) is 0 Å². The number of anilines is 5. The van der Waals surface area contributed by atoms with E-state index in [1.165, 1.54) is 105 Å². The second-order valence-electron chi connectivity index (χ2n) is 20.3. The van der Waals surface area contributed by atoms with Gasteiger partial charge in [-0.2, -0.15) is 0 Å². The number of hydrogen-bond acceptors (Lipinski definition) is 3. The van der Waals surface area contributed by atoms with Crippen LogP contribution >= 0.6 is 0 Å². The number of furan rings is 1. The highest BCUT2D eigenvalue weighted by Crippen LogP contribution is 2.54. The summed E-state index contributed by atoms with van der Waals surface area (Å²) in [6.45, 7) is 14.3. The van der Waals surface area contributed by atoms with E-state index in [1.54, 1.807) is 0 Å². The molecule has 1 aromatic heterocycles. The molecule has 63 heavy (non-hydrogen) atoms. The van der Waals surface area contributed by atoms with Gasteiger partial charge in [0, 0.05) is 39.1 Å². The first-order chi connectivity index (χ1) is 30.6. The quantitative estimate of drug-likeness (QED) is 0.154. The van der Waals surface area contributed by atoms with E-state index in [0.29, 0.717) is 0 Å². The summed E-state index contributed by atoms with van der Waals surface area (Å²) in [5, 5.41) is 8.25. The monoisotopic (exact) mass is 826 g/mol. The molecule has 4 aliphatic heterocycles. The summed E-state index contributed by atoms with van der Waals surface area (Å²) in [6, 6.07) is 58.7. The van der Waals surface area contributed by atoms with Crippen molar-refractivity contribution in [1.82, 2.24) is 0 Å². The van der Waals surface area contributed by atoms with E-state index in [4.69, 9.17) is 4.42 Å². The largest absolute Gasteiger partial charge is 0.454 e. The Morgan fingerprint density at radius 2 is 1.16 bits per heavy atom. The molecule has 3 nitrogen and oxygen atoms in total. The minimum absolute atomic E-state index is 0.0516. The first-order valence-electron chi connectivity index (χ1n) is 22.8. The molecule has 5 heteroatoms. The third-order valence-electron chi connectivity index (χ3n) is 16.0. The maximum atomic E-state index is 7.16. The van der Waals surface area contributed by atoms with Gasteiger partial charge in [-0.05, 0) is 132 Å². The van der Waals surface area contributed by atoms with Crippen LogP contribution in [0.15, 0.2) is 156 Å². The van der Waals surface area contributed by atoms with E-state index < -0.39 is 8.07 Å². The van der Waals surface area contributed by atoms with Gasteiger partial charge in [0.25, 0.3) is 0 Å². The first kappa shape index (κ1) is 36.0. The highest BCUT2D eigenvalue weighted by molar-refractivity contribution is 7.24. The molecular weight excluding hydrogens is 780 g/mol. The van der Waals surface area contributed by atoms with Gasteiger partial charge in [-0.15, -0.1) is 0 Å². The van der Waals surface area contributed by atoms with Crippen LogP contribution in [0.25, 0.3) is 44.2 Å². The van der Waals surface area contributed by atoms with Crippen molar-refractivity contribution in [2.45, 2.75) is 65.2 Å². The molecule has 5 heterocycles. The van der Waals surface area contributed by atoms with E-state index in [0.717, 1.165) is 34.0 Å². The molecule has 0 bridgehead atoms. The molecular formula is C58H47BN2OSi. The van der Waals surface area contributed by atoms with Crippen molar-refractivity contribution in [3.05, 3.63) is 174 Å². The second kappa shape index (κ2) is 11.9. The summed E-state index contributed by atoms with van der Waals surface area (Å²) in [6.07, 6.45) is 2.35. The third kappa shape index (κ3) is 4.32. The van der Waals surface area contributed by atoms with Gasteiger partial charge in [-0.1, -0.05) is 155 Å². The van der Waals surface area contributed by atoms with Crippen molar-refractivity contribution in [2.75, 3.05) is 9.71 Å². The SMILES string of the molecule is Cc1cc2c3c(c1)N(c1cc4c(cc1C)C(C)(C)CCC4(C)C)c1c(ccc4c1oc1ccccc14)B3N1c3ccccc3[Si]3(c4ccccc4-c4ccccc43)c3cccc-2c31. The highest BCUT2D eigenvalue weighted by Gasteiger charge is 2.58. The van der Waals surface area contributed by atoms with E-state index in [2.05, 4.69) is 203 Å². The third-order valence-corrected chi connectivity index (χ3v) is 21.0. The number of rotatable bonds is 1. The molecule has 14 rings (SSSR count). The summed E-state index contributed by atoms with van der Waals surface area (Å²) in [5.41, 5.74) is 21.9. The van der Waals surface area contributed by atoms with Crippen LogP contribution in [0.5, 0.6) is 0 Å². The van der Waals surface area contributed by atoms with E-state index in [-0.39, 0.29) is 17.7 Å². The average molecular weight is 827 g/mol. The Morgan fingerprint density at radius 1 is 0.524 bits per heavy atom. The fourth-order valence-electron chi connectivity index (χ4n) is 13.1. The predicted octanol–water partition coefficient (Wildman–Crippen LogP) is 10.9. The zero-order chi connectivity index (χ0) is 42.3. The second-order valence-corrected chi connectivity index (χ2v) is 24.0. The highest BCUT2D eigenvalue weighted by atomic mass is 28.3. The molecule has 0 radical (unpaired) electrons. The summed E-state index contributed by atoms with van der Waals surface area (Å²) < 4.78 is 7.16. The fourth-order valence-corrected chi connectivity index (χ4v) is 18.7. The summed E-state index contributed by atoms with van der Waals surface area (Å²) >= 11 is 0. The van der Waals surface area contributed by atoms with Gasteiger partial charge in [0.15, 0.2) is 13.7 Å². The number of fused-ring (bicyclic) bond motifs is 18. The topological polar surface area (TPSA) is 19.6 Å². The molecule has 0 saturated heterocycles. The molecule has 8 aromatic carbocycles. The van der Waals surface area contributed by atoms with Crippen LogP contribution in [-0.2, 0) is 10.8 Å². The Hall–Kier alpha value is -6.56. The molecule has 0 saturated carbocycles. The van der Waals surface area contributed by atoms with Crippen LogP contribution in [0.1, 0.15) is 62.8 Å². The van der Waals surface area contributed by atoms with Crippen LogP contribution in [-0.4, -0.2) is 14.9 Å². The van der Waals surface area contributed by atoms with Gasteiger partial charge in [-0.3, -0.25) is 0 Å². The maximum absolute atomic E-state index is 7.16. The number of benzene rings is 8. The van der Waals surface area contributed by atoms with Crippen LogP contribution in [0.2, 0.25) is 0 Å². The summed E-state index contributed by atoms with van der Waals surface area (Å²) in [5.74, 6) is 0. The zero-order valence-electron chi connectivity index (χ0n) is 36.7. The Kier molecular flexibility index (Phi) is 6.80. The van der Waals surface area contributed by atoms with Gasteiger partial charge in [0.1, 0.15) is 5.58 Å². The van der Waals surface area contributed by atoms with Crippen LogP contribution in [0.4, 0.5) is 28.4 Å². The molecule has 0 atom stereocenters. The summed E-state index contributed by atoms with van der Waals surface area (Å²) in [7, 11) is -2.77. The minimum atomic E-state index is -2.77. The lowest BCUT2D eigenvalue weighted by atomic mass is 9.43. The van der Waals surface area contributed by atoms with Crippen molar-refractivity contribution in [3.8, 4) is 22.3 Å². The van der Waals surface area contributed by atoms with Gasteiger partial charge in [-0.25, -0.2) is 0 Å². The fraction of sp³-hybridized carbons (Fsp3) is 0.172. The van der Waals surface area contributed by atoms with Crippen molar-refractivity contribution in [3.63, 3.8) is 0 Å². The normalized spacial score (nSPS) is 17.2. The summed E-state index contributed by atoms with van der Waals surface area (Å²) in [4.78, 5) is 5.39. The Morgan fingerprint density at radius 3 is 1.92 bits per heavy atom. The van der Waals surface area contributed by atoms with Crippen molar-refractivity contribution in [2.24, 2.45) is 0 Å². The lowest BCUT2D eigenvalue weighted by Gasteiger charge is -2.52. The Bertz CT molecular complexity index is 3490.